The molecule has 0 amide bonds. The molecule has 0 aliphatic carbocycles. The molecule has 0 spiro atoms. The van der Waals surface area contributed by atoms with Gasteiger partial charge in [0.15, 0.2) is 11.5 Å². The highest BCUT2D eigenvalue weighted by Crippen LogP contribution is 2.05. The number of nitrogens with two attached hydrogens (primary N) is 1. The number of quaternary nitrogens is 1. The molecule has 0 radical (unpaired) electrons. The van der Waals surface area contributed by atoms with E-state index in [4.69, 9.17) is 9.94 Å². The monoisotopic (exact) mass is 194 g/mol. The zero-order valence-electron chi connectivity index (χ0n) is 8.53. The Labute approximate surface area is 84.0 Å². The largest absolute Gasteiger partial charge is 0.488 e. The Morgan fingerprint density at radius 2 is 1.93 bits per heavy atom. The molecule has 14 heavy (non-hydrogen) atoms. The van der Waals surface area contributed by atoms with Gasteiger partial charge in [-0.2, -0.15) is 5.48 Å². The topological polar surface area (TPSA) is 46.1 Å². The number of ether oxygens (including phenoxy) is 1. The van der Waals surface area contributed by atoms with E-state index in [0.29, 0.717) is 6.61 Å². The summed E-state index contributed by atoms with van der Waals surface area (Å²) in [5.74, 6) is 0.747. The Kier molecular flexibility index (Phi) is 4.16. The van der Waals surface area contributed by atoms with Gasteiger partial charge in [-0.1, -0.05) is 30.3 Å². The second-order valence-electron chi connectivity index (χ2n) is 3.14. The van der Waals surface area contributed by atoms with Crippen molar-refractivity contribution >= 4 is 0 Å². The highest BCUT2D eigenvalue weighted by molar-refractivity contribution is 5.13. The van der Waals surface area contributed by atoms with E-state index in [1.807, 2.05) is 37.3 Å². The lowest BCUT2D eigenvalue weighted by molar-refractivity contribution is -0.852. The summed E-state index contributed by atoms with van der Waals surface area (Å²) >= 11 is 0. The van der Waals surface area contributed by atoms with Gasteiger partial charge in [0.05, 0.1) is 0 Å². The highest BCUT2D eigenvalue weighted by atomic mass is 16.5. The lowest BCUT2D eigenvalue weighted by Crippen LogP contribution is -2.78. The van der Waals surface area contributed by atoms with Crippen molar-refractivity contribution in [2.75, 3.05) is 0 Å². The van der Waals surface area contributed by atoms with Gasteiger partial charge >= 0.3 is 0 Å². The maximum atomic E-state index is 8.74. The van der Waals surface area contributed by atoms with Crippen molar-refractivity contribution in [2.24, 2.45) is 0 Å². The average molecular weight is 194 g/mol. The molecule has 0 saturated carbocycles. The SMILES string of the molecule is C/C([NH2+]O)=C(\C)OCc1ccccc1. The molecule has 0 bridgehead atoms. The van der Waals surface area contributed by atoms with E-state index in [2.05, 4.69) is 0 Å². The summed E-state index contributed by atoms with van der Waals surface area (Å²) in [5.41, 5.74) is 2.93. The summed E-state index contributed by atoms with van der Waals surface area (Å²) in [4.78, 5) is 0. The fourth-order valence-corrected chi connectivity index (χ4v) is 0.971. The number of allylic oxidation sites excluding steroid dienone is 2. The summed E-state index contributed by atoms with van der Waals surface area (Å²) in [5, 5.41) is 8.74. The minimum Gasteiger partial charge on any atom is -0.488 e. The van der Waals surface area contributed by atoms with Crippen LogP contribution in [0, 0.1) is 0 Å². The van der Waals surface area contributed by atoms with Crippen LogP contribution in [-0.4, -0.2) is 5.21 Å². The molecule has 1 rings (SSSR count). The van der Waals surface area contributed by atoms with Crippen molar-refractivity contribution in [3.8, 4) is 0 Å². The molecule has 0 heterocycles. The van der Waals surface area contributed by atoms with Gasteiger partial charge in [0.2, 0.25) is 0 Å². The van der Waals surface area contributed by atoms with Crippen LogP contribution in [0.4, 0.5) is 0 Å². The standard InChI is InChI=1S/C11H15NO2/c1-9(12-13)10(2)14-8-11-6-4-3-5-7-11/h3-7,12-13H,8H2,1-2H3/p+1/b10-9-. The van der Waals surface area contributed by atoms with Crippen molar-refractivity contribution in [1.82, 2.24) is 0 Å². The molecule has 0 aliphatic rings. The molecule has 3 nitrogen and oxygen atoms in total. The first kappa shape index (κ1) is 10.8. The molecule has 1 aromatic rings. The van der Waals surface area contributed by atoms with Crippen LogP contribution in [0.3, 0.4) is 0 Å². The van der Waals surface area contributed by atoms with Gasteiger partial charge in [-0.05, 0) is 12.5 Å². The lowest BCUT2D eigenvalue weighted by atomic mass is 10.2. The minimum atomic E-state index is 0.540. The van der Waals surface area contributed by atoms with Crippen LogP contribution in [0.5, 0.6) is 0 Å². The van der Waals surface area contributed by atoms with Gasteiger partial charge in [-0.15, -0.1) is 0 Å². The van der Waals surface area contributed by atoms with Gasteiger partial charge in [0.1, 0.15) is 6.61 Å². The Balaban J connectivity index is 2.50. The highest BCUT2D eigenvalue weighted by Gasteiger charge is 2.00. The van der Waals surface area contributed by atoms with Gasteiger partial charge in [-0.25, -0.2) is 5.21 Å². The fourth-order valence-electron chi connectivity index (χ4n) is 0.971. The molecule has 3 heteroatoms. The third-order valence-electron chi connectivity index (χ3n) is 2.05. The normalized spacial score (nSPS) is 12.2. The maximum Gasteiger partial charge on any atom is 0.172 e. The third-order valence-corrected chi connectivity index (χ3v) is 2.05. The number of hydroxylamine groups is 1. The Morgan fingerprint density at radius 3 is 2.50 bits per heavy atom. The average Bonchev–Trinajstić information content (AvgIpc) is 2.26. The second kappa shape index (κ2) is 5.42. The fraction of sp³-hybridized carbons (Fsp3) is 0.273. The van der Waals surface area contributed by atoms with E-state index in [9.17, 15) is 0 Å². The Morgan fingerprint density at radius 1 is 1.29 bits per heavy atom. The molecular weight excluding hydrogens is 178 g/mol. The van der Waals surface area contributed by atoms with E-state index >= 15 is 0 Å². The van der Waals surface area contributed by atoms with Crippen LogP contribution in [-0.2, 0) is 11.3 Å². The molecule has 1 aromatic carbocycles. The quantitative estimate of drug-likeness (QED) is 0.562. The minimum absolute atomic E-state index is 0.540. The van der Waals surface area contributed by atoms with Crippen LogP contribution in [0.25, 0.3) is 0 Å². The first-order chi connectivity index (χ1) is 6.74. The van der Waals surface area contributed by atoms with E-state index in [-0.39, 0.29) is 0 Å². The van der Waals surface area contributed by atoms with Gasteiger partial charge in [-0.3, -0.25) is 0 Å². The molecule has 0 fully saturated rings. The number of rotatable bonds is 4. The van der Waals surface area contributed by atoms with E-state index in [0.717, 1.165) is 22.5 Å². The Hall–Kier alpha value is -1.32. The summed E-state index contributed by atoms with van der Waals surface area (Å²) in [6.45, 7) is 4.18. The van der Waals surface area contributed by atoms with Crippen molar-refractivity contribution in [1.29, 1.82) is 0 Å². The number of hydrogen-bond acceptors (Lipinski definition) is 2. The van der Waals surface area contributed by atoms with Gasteiger partial charge < -0.3 is 4.74 Å². The summed E-state index contributed by atoms with van der Waals surface area (Å²) < 4.78 is 5.47. The van der Waals surface area contributed by atoms with E-state index in [1.165, 1.54) is 0 Å². The van der Waals surface area contributed by atoms with Crippen LogP contribution in [0.1, 0.15) is 19.4 Å². The summed E-state index contributed by atoms with van der Waals surface area (Å²) in [6, 6.07) is 9.93. The van der Waals surface area contributed by atoms with Gasteiger partial charge in [0.25, 0.3) is 0 Å². The predicted molar refractivity (Wildman–Crippen MR) is 53.3 cm³/mol. The second-order valence-corrected chi connectivity index (χ2v) is 3.14. The molecule has 76 valence electrons. The van der Waals surface area contributed by atoms with Crippen molar-refractivity contribution in [3.63, 3.8) is 0 Å². The molecule has 0 aliphatic heterocycles. The van der Waals surface area contributed by atoms with Crippen molar-refractivity contribution in [2.45, 2.75) is 20.5 Å². The Bertz CT molecular complexity index is 306. The number of benzene rings is 1. The van der Waals surface area contributed by atoms with Crippen molar-refractivity contribution in [3.05, 3.63) is 47.4 Å². The molecule has 3 N–H and O–H groups in total. The summed E-state index contributed by atoms with van der Waals surface area (Å²) in [7, 11) is 0. The zero-order valence-corrected chi connectivity index (χ0v) is 8.53. The molecule has 0 aromatic heterocycles. The molecule has 0 atom stereocenters. The van der Waals surface area contributed by atoms with Gasteiger partial charge in [0, 0.05) is 6.92 Å². The maximum absolute atomic E-state index is 8.74. The van der Waals surface area contributed by atoms with E-state index < -0.39 is 0 Å². The van der Waals surface area contributed by atoms with Crippen LogP contribution < -0.4 is 5.48 Å². The molecule has 0 unspecified atom stereocenters. The third kappa shape index (κ3) is 3.20. The smallest absolute Gasteiger partial charge is 0.172 e. The predicted octanol–water partition coefficient (Wildman–Crippen LogP) is 1.41. The zero-order chi connectivity index (χ0) is 10.4. The van der Waals surface area contributed by atoms with Crippen molar-refractivity contribution < 1.29 is 15.4 Å². The van der Waals surface area contributed by atoms with Crippen LogP contribution in [0.2, 0.25) is 0 Å². The first-order valence-corrected chi connectivity index (χ1v) is 4.55. The van der Waals surface area contributed by atoms with Crippen LogP contribution in [0.15, 0.2) is 41.8 Å². The van der Waals surface area contributed by atoms with E-state index in [1.54, 1.807) is 6.92 Å². The lowest BCUT2D eigenvalue weighted by Gasteiger charge is -2.06. The number of hydrogen-bond donors (Lipinski definition) is 2. The summed E-state index contributed by atoms with van der Waals surface area (Å²) in [6.07, 6.45) is 0. The van der Waals surface area contributed by atoms with Crippen LogP contribution >= 0.6 is 0 Å². The molecule has 0 saturated heterocycles. The molecular formula is C11H16NO2+. The first-order valence-electron chi connectivity index (χ1n) is 4.55.